The van der Waals surface area contributed by atoms with Crippen LogP contribution in [0.3, 0.4) is 0 Å². The maximum atomic E-state index is 13.3. The van der Waals surface area contributed by atoms with Crippen molar-refractivity contribution >= 4 is 5.97 Å². The van der Waals surface area contributed by atoms with E-state index in [4.69, 9.17) is 4.74 Å². The molecule has 0 radical (unpaired) electrons. The number of esters is 1. The average molecular weight is 255 g/mol. The molecule has 1 aromatic carbocycles. The normalized spacial score (nSPS) is 10.2. The number of methoxy groups -OCH3 is 1. The van der Waals surface area contributed by atoms with E-state index in [1.165, 1.54) is 19.2 Å². The Morgan fingerprint density at radius 2 is 2.17 bits per heavy atom. The molecule has 0 saturated carbocycles. The Balaban J connectivity index is 2.59. The lowest BCUT2D eigenvalue weighted by Gasteiger charge is -2.08. The van der Waals surface area contributed by atoms with E-state index in [0.29, 0.717) is 12.3 Å². The summed E-state index contributed by atoms with van der Waals surface area (Å²) in [4.78, 5) is 10.9. The number of ether oxygens (including phenoxy) is 2. The third kappa shape index (κ3) is 5.14. The van der Waals surface area contributed by atoms with Crippen molar-refractivity contribution in [2.45, 2.75) is 19.9 Å². The molecule has 0 amide bonds. The number of carbonyl (C=O) groups is 1. The molecule has 0 saturated heterocycles. The van der Waals surface area contributed by atoms with E-state index in [0.717, 1.165) is 18.5 Å². The smallest absolute Gasteiger partial charge is 0.343 e. The number of hydrogen-bond acceptors (Lipinski definition) is 4. The summed E-state index contributed by atoms with van der Waals surface area (Å²) in [6, 6.07) is 4.38. The molecule has 0 aromatic heterocycles. The van der Waals surface area contributed by atoms with Crippen LogP contribution in [0.5, 0.6) is 5.75 Å². The van der Waals surface area contributed by atoms with E-state index >= 15 is 0 Å². The molecule has 0 atom stereocenters. The van der Waals surface area contributed by atoms with Crippen molar-refractivity contribution in [3.63, 3.8) is 0 Å². The predicted molar refractivity (Wildman–Crippen MR) is 65.9 cm³/mol. The van der Waals surface area contributed by atoms with Gasteiger partial charge >= 0.3 is 5.97 Å². The molecule has 0 heterocycles. The van der Waals surface area contributed by atoms with Gasteiger partial charge < -0.3 is 14.8 Å². The van der Waals surface area contributed by atoms with Crippen LogP contribution in [-0.2, 0) is 16.1 Å². The molecule has 4 nitrogen and oxygen atoms in total. The van der Waals surface area contributed by atoms with Gasteiger partial charge in [0.15, 0.2) is 6.61 Å². The number of hydrogen-bond donors (Lipinski definition) is 1. The van der Waals surface area contributed by atoms with Gasteiger partial charge in [0.05, 0.1) is 7.11 Å². The highest BCUT2D eigenvalue weighted by Crippen LogP contribution is 2.16. The van der Waals surface area contributed by atoms with E-state index < -0.39 is 5.97 Å². The molecular formula is C13H18FNO3. The van der Waals surface area contributed by atoms with E-state index in [9.17, 15) is 9.18 Å². The van der Waals surface area contributed by atoms with Crippen LogP contribution in [0.4, 0.5) is 4.39 Å². The van der Waals surface area contributed by atoms with Crippen LogP contribution in [-0.4, -0.2) is 26.2 Å². The van der Waals surface area contributed by atoms with Gasteiger partial charge in [0, 0.05) is 12.6 Å². The van der Waals surface area contributed by atoms with Gasteiger partial charge in [0.1, 0.15) is 11.6 Å². The lowest BCUT2D eigenvalue weighted by Crippen LogP contribution is -2.15. The SMILES string of the molecule is CCCNCc1cc(F)cc(OCC(=O)OC)c1. The molecule has 0 aliphatic rings. The molecule has 0 unspecified atom stereocenters. The molecule has 0 fully saturated rings. The minimum atomic E-state index is -0.495. The van der Waals surface area contributed by atoms with Crippen LogP contribution < -0.4 is 10.1 Å². The first-order chi connectivity index (χ1) is 8.65. The highest BCUT2D eigenvalue weighted by molar-refractivity contribution is 5.70. The van der Waals surface area contributed by atoms with Crippen molar-refractivity contribution in [3.05, 3.63) is 29.6 Å². The lowest BCUT2D eigenvalue weighted by atomic mass is 10.2. The second-order valence-corrected chi connectivity index (χ2v) is 3.84. The molecular weight excluding hydrogens is 237 g/mol. The van der Waals surface area contributed by atoms with Gasteiger partial charge in [-0.3, -0.25) is 0 Å². The number of benzene rings is 1. The van der Waals surface area contributed by atoms with Crippen molar-refractivity contribution in [1.82, 2.24) is 5.32 Å². The monoisotopic (exact) mass is 255 g/mol. The molecule has 1 rings (SSSR count). The van der Waals surface area contributed by atoms with Crippen LogP contribution >= 0.6 is 0 Å². The number of halogens is 1. The standard InChI is InChI=1S/C13H18FNO3/c1-3-4-15-8-10-5-11(14)7-12(6-10)18-9-13(16)17-2/h5-7,15H,3-4,8-9H2,1-2H3. The second-order valence-electron chi connectivity index (χ2n) is 3.84. The summed E-state index contributed by atoms with van der Waals surface area (Å²) in [5.41, 5.74) is 0.781. The summed E-state index contributed by atoms with van der Waals surface area (Å²) in [6.45, 7) is 3.28. The molecule has 5 heteroatoms. The Bertz CT molecular complexity index is 396. The van der Waals surface area contributed by atoms with Gasteiger partial charge in [0.25, 0.3) is 0 Å². The molecule has 0 spiro atoms. The first kappa shape index (κ1) is 14.4. The van der Waals surface area contributed by atoms with Crippen molar-refractivity contribution in [2.75, 3.05) is 20.3 Å². The van der Waals surface area contributed by atoms with Crippen LogP contribution in [0.2, 0.25) is 0 Å². The van der Waals surface area contributed by atoms with E-state index in [1.807, 2.05) is 0 Å². The van der Waals surface area contributed by atoms with Gasteiger partial charge in [-0.1, -0.05) is 6.92 Å². The fourth-order valence-corrected chi connectivity index (χ4v) is 1.42. The highest BCUT2D eigenvalue weighted by Gasteiger charge is 2.05. The van der Waals surface area contributed by atoms with Gasteiger partial charge in [-0.05, 0) is 30.7 Å². The number of nitrogens with one attached hydrogen (secondary N) is 1. The minimum Gasteiger partial charge on any atom is -0.482 e. The second kappa shape index (κ2) is 7.66. The van der Waals surface area contributed by atoms with Gasteiger partial charge in [-0.2, -0.15) is 0 Å². The summed E-state index contributed by atoms with van der Waals surface area (Å²) < 4.78 is 22.9. The third-order valence-corrected chi connectivity index (χ3v) is 2.27. The summed E-state index contributed by atoms with van der Waals surface area (Å²) >= 11 is 0. The van der Waals surface area contributed by atoms with E-state index in [2.05, 4.69) is 17.0 Å². The molecule has 100 valence electrons. The molecule has 0 aliphatic heterocycles. The fourth-order valence-electron chi connectivity index (χ4n) is 1.42. The molecule has 0 bridgehead atoms. The first-order valence-corrected chi connectivity index (χ1v) is 5.85. The van der Waals surface area contributed by atoms with Gasteiger partial charge in [-0.25, -0.2) is 9.18 Å². The zero-order valence-corrected chi connectivity index (χ0v) is 10.7. The van der Waals surface area contributed by atoms with Crippen LogP contribution in [0.1, 0.15) is 18.9 Å². The van der Waals surface area contributed by atoms with Crippen molar-refractivity contribution in [1.29, 1.82) is 0 Å². The molecule has 1 aromatic rings. The third-order valence-electron chi connectivity index (χ3n) is 2.27. The zero-order chi connectivity index (χ0) is 13.4. The van der Waals surface area contributed by atoms with Crippen molar-refractivity contribution in [2.24, 2.45) is 0 Å². The summed E-state index contributed by atoms with van der Waals surface area (Å²) in [7, 11) is 1.28. The Morgan fingerprint density at radius 1 is 1.39 bits per heavy atom. The van der Waals surface area contributed by atoms with Gasteiger partial charge in [-0.15, -0.1) is 0 Å². The zero-order valence-electron chi connectivity index (χ0n) is 10.7. The Hall–Kier alpha value is -1.62. The summed E-state index contributed by atoms with van der Waals surface area (Å²) in [5, 5.41) is 3.17. The predicted octanol–water partition coefficient (Wildman–Crippen LogP) is 1.88. The van der Waals surface area contributed by atoms with Crippen molar-refractivity contribution in [3.8, 4) is 5.75 Å². The maximum absolute atomic E-state index is 13.3. The lowest BCUT2D eigenvalue weighted by molar-refractivity contribution is -0.142. The van der Waals surface area contributed by atoms with E-state index in [1.54, 1.807) is 6.07 Å². The quantitative estimate of drug-likeness (QED) is 0.597. The molecule has 1 N–H and O–H groups in total. The topological polar surface area (TPSA) is 47.6 Å². The summed E-state index contributed by atoms with van der Waals surface area (Å²) in [5.74, 6) is -0.552. The Morgan fingerprint density at radius 3 is 2.83 bits per heavy atom. The van der Waals surface area contributed by atoms with Gasteiger partial charge in [0.2, 0.25) is 0 Å². The minimum absolute atomic E-state index is 0.220. The number of carbonyl (C=O) groups excluding carboxylic acids is 1. The average Bonchev–Trinajstić information content (AvgIpc) is 2.35. The fraction of sp³-hybridized carbons (Fsp3) is 0.462. The van der Waals surface area contributed by atoms with Crippen LogP contribution in [0, 0.1) is 5.82 Å². The van der Waals surface area contributed by atoms with Crippen LogP contribution in [0.25, 0.3) is 0 Å². The van der Waals surface area contributed by atoms with Crippen molar-refractivity contribution < 1.29 is 18.7 Å². The highest BCUT2D eigenvalue weighted by atomic mass is 19.1. The summed E-state index contributed by atoms with van der Waals surface area (Å²) in [6.07, 6.45) is 1.01. The van der Waals surface area contributed by atoms with E-state index in [-0.39, 0.29) is 12.4 Å². The Labute approximate surface area is 106 Å². The molecule has 18 heavy (non-hydrogen) atoms. The first-order valence-electron chi connectivity index (χ1n) is 5.85. The Kier molecular flexibility index (Phi) is 6.14. The molecule has 0 aliphatic carbocycles. The number of rotatable bonds is 7. The maximum Gasteiger partial charge on any atom is 0.343 e. The largest absolute Gasteiger partial charge is 0.482 e. The van der Waals surface area contributed by atoms with Crippen LogP contribution in [0.15, 0.2) is 18.2 Å².